The summed E-state index contributed by atoms with van der Waals surface area (Å²) in [5, 5.41) is 11.7. The van der Waals surface area contributed by atoms with Crippen molar-refractivity contribution < 1.29 is 32.3 Å². The Balaban J connectivity index is 1.74. The summed E-state index contributed by atoms with van der Waals surface area (Å²) >= 11 is 0. The van der Waals surface area contributed by atoms with Crippen molar-refractivity contribution in [2.45, 2.75) is 31.5 Å². The second-order valence-corrected chi connectivity index (χ2v) is 6.74. The van der Waals surface area contributed by atoms with Gasteiger partial charge in [0.1, 0.15) is 5.82 Å². The third kappa shape index (κ3) is 3.61. The smallest absolute Gasteiger partial charge is 0.394 e. The van der Waals surface area contributed by atoms with Crippen LogP contribution in [0.4, 0.5) is 22.4 Å². The third-order valence-electron chi connectivity index (χ3n) is 5.06. The summed E-state index contributed by atoms with van der Waals surface area (Å²) in [7, 11) is 0. The average Bonchev–Trinajstić information content (AvgIpc) is 3.01. The molecule has 1 aliphatic heterocycles. The first-order valence-corrected chi connectivity index (χ1v) is 8.30. The van der Waals surface area contributed by atoms with Gasteiger partial charge in [0.15, 0.2) is 0 Å². The van der Waals surface area contributed by atoms with E-state index in [0.717, 1.165) is 23.3 Å². The van der Waals surface area contributed by atoms with E-state index in [-0.39, 0.29) is 0 Å². The molecule has 1 saturated heterocycles. The van der Waals surface area contributed by atoms with Crippen LogP contribution in [-0.2, 0) is 11.2 Å². The maximum atomic E-state index is 13.5. The number of benzene rings is 1. The predicted octanol–water partition coefficient (Wildman–Crippen LogP) is 3.11. The Morgan fingerprint density at radius 3 is 2.58 bits per heavy atom. The van der Waals surface area contributed by atoms with Crippen LogP contribution in [0.5, 0.6) is 0 Å². The zero-order valence-electron chi connectivity index (χ0n) is 13.7. The van der Waals surface area contributed by atoms with E-state index < -0.39 is 55.0 Å². The standard InChI is InChI=1S/C17H18F4N2O3/c18-10-5-4-9-2-1-3-14(11(9)6-10)22-16(26)23-7-12(15(24)25)13(8-23)17(19,20)21/h4-6,12-14H,1-3,7-8H2,(H,22,26)(H,24,25)/t12-,13-,14+/m1/s1. The summed E-state index contributed by atoms with van der Waals surface area (Å²) in [6, 6.07) is 3.02. The molecule has 0 radical (unpaired) electrons. The van der Waals surface area contributed by atoms with Gasteiger partial charge in [-0.3, -0.25) is 4.79 Å². The first-order chi connectivity index (χ1) is 12.2. The number of hydrogen-bond donors (Lipinski definition) is 2. The number of alkyl halides is 3. The van der Waals surface area contributed by atoms with Crippen molar-refractivity contribution >= 4 is 12.0 Å². The Morgan fingerprint density at radius 2 is 1.96 bits per heavy atom. The third-order valence-corrected chi connectivity index (χ3v) is 5.06. The lowest BCUT2D eigenvalue weighted by molar-refractivity contribution is -0.187. The largest absolute Gasteiger partial charge is 0.481 e. The molecule has 0 unspecified atom stereocenters. The average molecular weight is 374 g/mol. The van der Waals surface area contributed by atoms with Gasteiger partial charge in [-0.15, -0.1) is 0 Å². The maximum absolute atomic E-state index is 13.5. The number of nitrogens with one attached hydrogen (secondary N) is 1. The number of carboxylic acids is 1. The van der Waals surface area contributed by atoms with Crippen molar-refractivity contribution in [3.8, 4) is 0 Å². The molecule has 1 aromatic carbocycles. The molecule has 142 valence electrons. The summed E-state index contributed by atoms with van der Waals surface area (Å²) in [6.07, 6.45) is -2.66. The van der Waals surface area contributed by atoms with Gasteiger partial charge in [-0.2, -0.15) is 13.2 Å². The molecule has 9 heteroatoms. The number of amides is 2. The number of carbonyl (C=O) groups is 2. The Labute approximate surface area is 147 Å². The lowest BCUT2D eigenvalue weighted by atomic mass is 9.87. The van der Waals surface area contributed by atoms with E-state index in [1.807, 2.05) is 0 Å². The summed E-state index contributed by atoms with van der Waals surface area (Å²) in [6.45, 7) is -1.21. The van der Waals surface area contributed by atoms with Crippen LogP contribution >= 0.6 is 0 Å². The summed E-state index contributed by atoms with van der Waals surface area (Å²) < 4.78 is 52.6. The van der Waals surface area contributed by atoms with Crippen molar-refractivity contribution in [3.05, 3.63) is 35.1 Å². The van der Waals surface area contributed by atoms with Gasteiger partial charge in [-0.1, -0.05) is 6.07 Å². The van der Waals surface area contributed by atoms with Gasteiger partial charge < -0.3 is 15.3 Å². The number of fused-ring (bicyclic) bond motifs is 1. The molecule has 5 nitrogen and oxygen atoms in total. The molecular weight excluding hydrogens is 356 g/mol. The molecule has 1 fully saturated rings. The van der Waals surface area contributed by atoms with Crippen LogP contribution in [0.15, 0.2) is 18.2 Å². The van der Waals surface area contributed by atoms with E-state index in [2.05, 4.69) is 5.32 Å². The minimum atomic E-state index is -4.70. The second kappa shape index (κ2) is 6.77. The van der Waals surface area contributed by atoms with Gasteiger partial charge in [0.05, 0.1) is 17.9 Å². The molecule has 0 spiro atoms. The molecule has 3 atom stereocenters. The number of nitrogens with zero attached hydrogens (tertiary/aromatic N) is 1. The molecule has 3 rings (SSSR count). The first kappa shape index (κ1) is 18.5. The van der Waals surface area contributed by atoms with Crippen LogP contribution in [0.2, 0.25) is 0 Å². The molecule has 2 aliphatic rings. The van der Waals surface area contributed by atoms with Crippen molar-refractivity contribution in [2.24, 2.45) is 11.8 Å². The summed E-state index contributed by atoms with van der Waals surface area (Å²) in [5.41, 5.74) is 1.51. The molecule has 1 aliphatic carbocycles. The van der Waals surface area contributed by atoms with Crippen molar-refractivity contribution in [1.29, 1.82) is 0 Å². The molecule has 2 amide bonds. The van der Waals surface area contributed by atoms with Crippen LogP contribution in [-0.4, -0.2) is 41.3 Å². The fourth-order valence-electron chi connectivity index (χ4n) is 3.71. The lowest BCUT2D eigenvalue weighted by Gasteiger charge is -2.28. The molecule has 0 bridgehead atoms. The predicted molar refractivity (Wildman–Crippen MR) is 82.9 cm³/mol. The monoisotopic (exact) mass is 374 g/mol. The minimum absolute atomic E-state index is 0.450. The highest BCUT2D eigenvalue weighted by atomic mass is 19.4. The van der Waals surface area contributed by atoms with Crippen molar-refractivity contribution in [3.63, 3.8) is 0 Å². The Hall–Kier alpha value is -2.32. The van der Waals surface area contributed by atoms with Gasteiger partial charge in [-0.25, -0.2) is 9.18 Å². The van der Waals surface area contributed by atoms with Gasteiger partial charge in [0.2, 0.25) is 0 Å². The summed E-state index contributed by atoms with van der Waals surface area (Å²) in [4.78, 5) is 24.4. The molecule has 2 N–H and O–H groups in total. The van der Waals surface area contributed by atoms with E-state index in [4.69, 9.17) is 5.11 Å². The summed E-state index contributed by atoms with van der Waals surface area (Å²) in [5.74, 6) is -5.81. The van der Waals surface area contributed by atoms with E-state index >= 15 is 0 Å². The number of aliphatic carboxylic acids is 1. The highest BCUT2D eigenvalue weighted by molar-refractivity contribution is 5.78. The van der Waals surface area contributed by atoms with Crippen LogP contribution in [0, 0.1) is 17.7 Å². The first-order valence-electron chi connectivity index (χ1n) is 8.30. The zero-order valence-corrected chi connectivity index (χ0v) is 13.7. The van der Waals surface area contributed by atoms with Crippen LogP contribution in [0.1, 0.15) is 30.0 Å². The highest BCUT2D eigenvalue weighted by Gasteiger charge is 2.53. The number of rotatable bonds is 2. The molecular formula is C17H18F4N2O3. The van der Waals surface area contributed by atoms with Gasteiger partial charge >= 0.3 is 18.2 Å². The Morgan fingerprint density at radius 1 is 1.23 bits per heavy atom. The highest BCUT2D eigenvalue weighted by Crippen LogP contribution is 2.38. The minimum Gasteiger partial charge on any atom is -0.481 e. The fourth-order valence-corrected chi connectivity index (χ4v) is 3.71. The van der Waals surface area contributed by atoms with Crippen LogP contribution < -0.4 is 5.32 Å². The van der Waals surface area contributed by atoms with Gasteiger partial charge in [-0.05, 0) is 42.5 Å². The number of likely N-dealkylation sites (tertiary alicyclic amines) is 1. The van der Waals surface area contributed by atoms with E-state index in [9.17, 15) is 27.2 Å². The van der Waals surface area contributed by atoms with E-state index in [0.29, 0.717) is 12.0 Å². The van der Waals surface area contributed by atoms with Gasteiger partial charge in [0.25, 0.3) is 0 Å². The molecule has 1 heterocycles. The van der Waals surface area contributed by atoms with E-state index in [1.54, 1.807) is 6.07 Å². The Bertz CT molecular complexity index is 722. The topological polar surface area (TPSA) is 69.6 Å². The molecule has 26 heavy (non-hydrogen) atoms. The lowest BCUT2D eigenvalue weighted by Crippen LogP contribution is -2.42. The van der Waals surface area contributed by atoms with Crippen molar-refractivity contribution in [2.75, 3.05) is 13.1 Å². The van der Waals surface area contributed by atoms with Gasteiger partial charge in [0, 0.05) is 13.1 Å². The number of halogens is 4. The molecule has 1 aromatic rings. The quantitative estimate of drug-likeness (QED) is 0.782. The second-order valence-electron chi connectivity index (χ2n) is 6.74. The SMILES string of the molecule is O=C(O)[C@@H]1CN(C(=O)N[C@H]2CCCc3ccc(F)cc32)C[C@H]1C(F)(F)F. The number of urea groups is 1. The number of carbonyl (C=O) groups excluding carboxylic acids is 1. The number of hydrogen-bond acceptors (Lipinski definition) is 2. The number of aryl methyl sites for hydroxylation is 1. The zero-order chi connectivity index (χ0) is 19.1. The maximum Gasteiger partial charge on any atom is 0.394 e. The fraction of sp³-hybridized carbons (Fsp3) is 0.529. The Kier molecular flexibility index (Phi) is 4.81. The molecule has 0 saturated carbocycles. The normalized spacial score (nSPS) is 25.7. The number of carboxylic acid groups (broad SMARTS) is 1. The van der Waals surface area contributed by atoms with Crippen LogP contribution in [0.3, 0.4) is 0 Å². The van der Waals surface area contributed by atoms with Crippen molar-refractivity contribution in [1.82, 2.24) is 10.2 Å². The molecule has 0 aromatic heterocycles. The van der Waals surface area contributed by atoms with Crippen LogP contribution in [0.25, 0.3) is 0 Å². The van der Waals surface area contributed by atoms with E-state index in [1.165, 1.54) is 12.1 Å².